The molecule has 4 aromatic carbocycles. The number of alkyl halides is 3. The molecule has 678 valence electrons. The highest BCUT2D eigenvalue weighted by Crippen LogP contribution is 2.45. The van der Waals surface area contributed by atoms with Crippen LogP contribution in [0.25, 0.3) is 6.08 Å². The van der Waals surface area contributed by atoms with Gasteiger partial charge in [0.25, 0.3) is 0 Å². The van der Waals surface area contributed by atoms with Crippen LogP contribution in [0.5, 0.6) is 28.7 Å². The molecule has 121 heavy (non-hydrogen) atoms. The zero-order chi connectivity index (χ0) is 90.7. The maximum atomic E-state index is 13.3. The van der Waals surface area contributed by atoms with Crippen molar-refractivity contribution in [1.29, 1.82) is 0 Å². The number of nitrogens with one attached hydrogen (secondary N) is 2. The predicted octanol–water partition coefficient (Wildman–Crippen LogP) is 21.9. The fraction of sp³-hybridized carbons (Fsp3) is 0.600. The van der Waals surface area contributed by atoms with E-state index in [9.17, 15) is 40.8 Å². The molecule has 4 aliphatic heterocycles. The molecule has 31 heteroatoms. The van der Waals surface area contributed by atoms with E-state index < -0.39 is 120 Å². The van der Waals surface area contributed by atoms with Crippen molar-refractivity contribution in [2.45, 2.75) is 325 Å². The first-order valence-electron chi connectivity index (χ1n) is 40.3. The Morgan fingerprint density at radius 1 is 0.537 bits per heavy atom. The molecule has 25 nitrogen and oxygen atoms in total. The molecule has 0 bridgehead atoms. The van der Waals surface area contributed by atoms with Crippen molar-refractivity contribution in [3.8, 4) is 28.7 Å². The van der Waals surface area contributed by atoms with Gasteiger partial charge in [0.05, 0.1) is 45.3 Å². The second kappa shape index (κ2) is 40.9. The number of rotatable bonds is 29. The Labute approximate surface area is 718 Å². The van der Waals surface area contributed by atoms with Crippen LogP contribution >= 0.6 is 0 Å². The fourth-order valence-electron chi connectivity index (χ4n) is 12.1. The Kier molecular flexibility index (Phi) is 35.0. The summed E-state index contributed by atoms with van der Waals surface area (Å²) in [6.07, 6.45) is 11.8. The van der Waals surface area contributed by atoms with E-state index in [1.165, 1.54) is 13.8 Å². The molecule has 0 aliphatic carbocycles. The lowest BCUT2D eigenvalue weighted by molar-refractivity contribution is -0.156. The molecule has 10 atom stereocenters. The van der Waals surface area contributed by atoms with E-state index in [4.69, 9.17) is 75.2 Å². The van der Waals surface area contributed by atoms with Crippen LogP contribution in [-0.4, -0.2) is 152 Å². The number of amides is 2. The minimum Gasteiger partial charge on any atom is -0.497 e. The van der Waals surface area contributed by atoms with Gasteiger partial charge in [-0.15, -0.1) is 6.58 Å². The lowest BCUT2D eigenvalue weighted by atomic mass is 9.99. The van der Waals surface area contributed by atoms with Gasteiger partial charge < -0.3 is 79.4 Å². The van der Waals surface area contributed by atoms with Crippen LogP contribution < -0.4 is 33.8 Å². The van der Waals surface area contributed by atoms with Crippen LogP contribution in [0.4, 0.5) is 34.1 Å². The van der Waals surface area contributed by atoms with Gasteiger partial charge in [0.1, 0.15) is 69.7 Å². The summed E-state index contributed by atoms with van der Waals surface area (Å²) in [5.74, 6) is -5.13. The van der Waals surface area contributed by atoms with Gasteiger partial charge in [-0.3, -0.25) is 10.6 Å². The Balaban J connectivity index is 0.000000344. The number of fused-ring (bicyclic) bond motifs is 2. The molecule has 0 saturated carbocycles. The predicted molar refractivity (Wildman–Crippen MR) is 467 cm³/mol. The Morgan fingerprint density at radius 3 is 1.27 bits per heavy atom. The molecule has 2 amide bonds. The van der Waals surface area contributed by atoms with Gasteiger partial charge in [-0.05, 0) is 191 Å². The van der Waals surface area contributed by atoms with Crippen molar-refractivity contribution >= 4 is 68.3 Å². The van der Waals surface area contributed by atoms with Crippen LogP contribution in [0.1, 0.15) is 224 Å². The summed E-state index contributed by atoms with van der Waals surface area (Å²) in [7, 11) is -6.64. The molecular weight excluding hydrogens is 1620 g/mol. The van der Waals surface area contributed by atoms with Gasteiger partial charge >= 0.3 is 39.8 Å². The van der Waals surface area contributed by atoms with Crippen LogP contribution in [0.2, 0.25) is 36.3 Å². The van der Waals surface area contributed by atoms with Crippen LogP contribution in [0.3, 0.4) is 0 Å². The van der Waals surface area contributed by atoms with E-state index >= 15 is 0 Å². The molecule has 0 spiro atoms. The molecular formula is C90H135F3N2O23SSi2. The zero-order valence-corrected chi connectivity index (χ0v) is 78.5. The maximum Gasteiger partial charge on any atom is 0.534 e. The van der Waals surface area contributed by atoms with Gasteiger partial charge in [-0.25, -0.2) is 19.2 Å². The third kappa shape index (κ3) is 31.1. The van der Waals surface area contributed by atoms with Gasteiger partial charge in [0, 0.05) is 63.8 Å². The number of cyclic esters (lactones) is 2. The highest BCUT2D eigenvalue weighted by molar-refractivity contribution is 7.88. The number of ether oxygens (including phenoxy) is 14. The van der Waals surface area contributed by atoms with Crippen LogP contribution in [-0.2, 0) is 79.6 Å². The third-order valence-electron chi connectivity index (χ3n) is 20.4. The molecule has 4 aromatic rings. The molecule has 4 heterocycles. The number of halogens is 3. The topological polar surface area (TPSA) is 283 Å². The van der Waals surface area contributed by atoms with Gasteiger partial charge in [0.15, 0.2) is 34.0 Å². The molecule has 0 radical (unpaired) electrons. The minimum absolute atomic E-state index is 0. The second-order valence-corrected chi connectivity index (χ2v) is 48.2. The molecule has 2 unspecified atom stereocenters. The quantitative estimate of drug-likeness (QED) is 0.0128. The minimum atomic E-state index is -6.12. The van der Waals surface area contributed by atoms with Crippen LogP contribution in [0.15, 0.2) is 116 Å². The Morgan fingerprint density at radius 2 is 0.909 bits per heavy atom. The van der Waals surface area contributed by atoms with Gasteiger partial charge in [-0.1, -0.05) is 130 Å². The summed E-state index contributed by atoms with van der Waals surface area (Å²) in [5, 5.41) is 5.24. The largest absolute Gasteiger partial charge is 0.534 e. The summed E-state index contributed by atoms with van der Waals surface area (Å²) >= 11 is 0. The standard InChI is InChI=1S/C44H65NO10Si.C29H48O5Si.C16H18F3NO8S.CH4/c1-28(29(2)55-56(14,15)42(6,7)8)19-24-34(49-27-30-20-22-33(48-13)23-21-30)38-35(50-43(9,10)52-38)18-16-17-31-25-32(45-40(47)54-41(3,4)5)26-36-37(31)39(46)53-44(11,12)51-36;1-12-13-26-27(33-29(7,8)32-26)25(31-20-23-15-17-24(30-9)18-16-23)19-14-21(2)22(3)34-35(10,11)28(4,5)6;1-14(2,3)27-13(22)20-8-6-9-11(12(21)26-15(4,5)25-9)10(7-8)28-29(23,24)16(17,18)19;/h16-17,19-26,28-29,34-35,38H,18,27H2,1-15H3,(H,45,47);12,14-19,21-22,25-27H,1,13,20H2,2-11H3;6-7H,1-5H3,(H,20,22);1H4/b17-16+,24-19-;19-14-;;/t28-,29+,34?,35+,38-;21-,22+,25?,26+,27-;;/m11../s1. The van der Waals surface area contributed by atoms with Crippen molar-refractivity contribution in [2.75, 3.05) is 24.9 Å². The van der Waals surface area contributed by atoms with Gasteiger partial charge in [-0.2, -0.15) is 21.6 Å². The number of anilines is 2. The third-order valence-corrected chi connectivity index (χ3v) is 30.5. The van der Waals surface area contributed by atoms with Crippen molar-refractivity contribution in [2.24, 2.45) is 11.8 Å². The second-order valence-electron chi connectivity index (χ2n) is 37.1. The highest BCUT2D eigenvalue weighted by Gasteiger charge is 2.51. The normalized spacial score (nSPS) is 20.4. The van der Waals surface area contributed by atoms with Crippen molar-refractivity contribution in [3.05, 3.63) is 144 Å². The molecule has 2 saturated heterocycles. The van der Waals surface area contributed by atoms with E-state index in [0.29, 0.717) is 43.4 Å². The van der Waals surface area contributed by atoms with Crippen LogP contribution in [0, 0.1) is 11.8 Å². The maximum absolute atomic E-state index is 13.3. The summed E-state index contributed by atoms with van der Waals surface area (Å²) in [6, 6.07) is 20.8. The summed E-state index contributed by atoms with van der Waals surface area (Å²) in [6.45, 7) is 59.8. The summed E-state index contributed by atoms with van der Waals surface area (Å²) in [4.78, 5) is 50.1. The van der Waals surface area contributed by atoms with Crippen molar-refractivity contribution in [1.82, 2.24) is 0 Å². The highest BCUT2D eigenvalue weighted by atomic mass is 32.2. The van der Waals surface area contributed by atoms with E-state index in [-0.39, 0.29) is 82.6 Å². The van der Waals surface area contributed by atoms with E-state index in [1.54, 1.807) is 87.8 Å². The number of hydrogen-bond donors (Lipinski definition) is 2. The van der Waals surface area contributed by atoms with E-state index in [2.05, 4.69) is 141 Å². The number of carbonyl (C=O) groups excluding carboxylic acids is 4. The van der Waals surface area contributed by atoms with E-state index in [1.807, 2.05) is 88.4 Å². The lowest BCUT2D eigenvalue weighted by Gasteiger charge is -2.39. The first-order valence-corrected chi connectivity index (χ1v) is 47.5. The van der Waals surface area contributed by atoms with E-state index in [0.717, 1.165) is 28.7 Å². The average Bonchev–Trinajstić information content (AvgIpc) is 1.41. The number of hydrogen-bond acceptors (Lipinski definition) is 23. The number of benzene rings is 4. The molecule has 2 N–H and O–H groups in total. The molecule has 0 aromatic heterocycles. The zero-order valence-electron chi connectivity index (χ0n) is 75.7. The number of methoxy groups -OCH3 is 2. The molecule has 4 aliphatic rings. The first kappa shape index (κ1) is 104. The first-order chi connectivity index (χ1) is 54.9. The summed E-state index contributed by atoms with van der Waals surface area (Å²) in [5.41, 5.74) is -5.05. The number of esters is 2. The number of carbonyl (C=O) groups is 4. The average molecular weight is 1760 g/mol. The summed E-state index contributed by atoms with van der Waals surface area (Å²) < 4.78 is 160. The Bertz CT molecular complexity index is 4360. The van der Waals surface area contributed by atoms with Gasteiger partial charge in [0.2, 0.25) is 11.6 Å². The molecule has 8 rings (SSSR count). The smallest absolute Gasteiger partial charge is 0.497 e. The van der Waals surface area contributed by atoms with Crippen molar-refractivity contribution < 1.29 is 120 Å². The molecule has 2 fully saturated rings. The SMILES string of the molecule is C.C=CC[C@@H]1OC(C)(C)O[C@@H]1C(/C=C\[C@@H](C)[C@H](C)O[Si](C)(C)C(C)(C)C)OCc1ccc(OC)cc1.CC(C)(C)OC(=O)Nc1cc2c(c(OS(=O)(=O)C(F)(F)F)c1)C(=O)OC(C)(C)O2.COc1ccc(COC(/C=C\[C@@H](C)[C@H](C)O[Si](C)(C)C(C)(C)C)[C@H]2OC(C)(C)O[C@H]2C/C=C/c2cc(NC(=O)OC(C)(C)C)cc3c2C(=O)OC(C)(C)O3)cc1. The lowest BCUT2D eigenvalue weighted by Crippen LogP contribution is -2.44. The fourth-order valence-corrected chi connectivity index (χ4v) is 15.6. The van der Waals surface area contributed by atoms with Crippen molar-refractivity contribution in [3.63, 3.8) is 0 Å². The Hall–Kier alpha value is -7.83. The monoisotopic (exact) mass is 1760 g/mol.